The molecule has 0 N–H and O–H groups in total. The topological polar surface area (TPSA) is 39.2 Å². The number of esters is 1. The maximum absolute atomic E-state index is 12.8. The molecule has 1 aromatic heterocycles. The minimum atomic E-state index is -2.74. The third-order valence-corrected chi connectivity index (χ3v) is 2.72. The Morgan fingerprint density at radius 2 is 2.25 bits per heavy atom. The molecule has 0 saturated carbocycles. The van der Waals surface area contributed by atoms with Crippen LogP contribution in [0.25, 0.3) is 0 Å². The van der Waals surface area contributed by atoms with E-state index in [1.807, 2.05) is 0 Å². The number of nitrogens with zero attached hydrogens (tertiary/aromatic N) is 1. The third kappa shape index (κ3) is 2.87. The number of aromatic nitrogens is 1. The van der Waals surface area contributed by atoms with Gasteiger partial charge < -0.3 is 4.74 Å². The van der Waals surface area contributed by atoms with Gasteiger partial charge in [-0.3, -0.25) is 0 Å². The highest BCUT2D eigenvalue weighted by atomic mass is 127. The van der Waals surface area contributed by atoms with E-state index < -0.39 is 12.4 Å². The van der Waals surface area contributed by atoms with Gasteiger partial charge in [-0.25, -0.2) is 18.6 Å². The van der Waals surface area contributed by atoms with Crippen LogP contribution in [0.2, 0.25) is 0 Å². The first-order chi connectivity index (χ1) is 7.47. The van der Waals surface area contributed by atoms with Gasteiger partial charge in [0, 0.05) is 9.26 Å². The monoisotopic (exact) mass is 341 g/mol. The van der Waals surface area contributed by atoms with E-state index in [-0.39, 0.29) is 17.9 Å². The number of carbonyl (C=O) groups excluding carboxylic acids is 1. The molecule has 0 bridgehead atoms. The van der Waals surface area contributed by atoms with Gasteiger partial charge in [0.1, 0.15) is 0 Å². The fraction of sp³-hybridized carbons (Fsp3) is 0.400. The van der Waals surface area contributed by atoms with Crippen molar-refractivity contribution >= 4 is 28.6 Å². The first-order valence-electron chi connectivity index (χ1n) is 4.59. The lowest BCUT2D eigenvalue weighted by Gasteiger charge is -2.10. The molecule has 16 heavy (non-hydrogen) atoms. The molecule has 0 aliphatic carbocycles. The van der Waals surface area contributed by atoms with Crippen LogP contribution in [0.15, 0.2) is 6.07 Å². The summed E-state index contributed by atoms with van der Waals surface area (Å²) in [5.41, 5.74) is -0.136. The van der Waals surface area contributed by atoms with Gasteiger partial charge in [-0.2, -0.15) is 0 Å². The van der Waals surface area contributed by atoms with Gasteiger partial charge in [0.05, 0.1) is 12.2 Å². The number of hydrogen-bond acceptors (Lipinski definition) is 3. The Hall–Kier alpha value is -0.790. The van der Waals surface area contributed by atoms with Gasteiger partial charge in [-0.1, -0.05) is 0 Å². The fourth-order valence-corrected chi connectivity index (χ4v) is 2.15. The number of pyridine rings is 1. The minimum Gasteiger partial charge on any atom is -0.461 e. The number of carbonyl (C=O) groups is 1. The summed E-state index contributed by atoms with van der Waals surface area (Å²) in [4.78, 5) is 15.3. The second-order valence-corrected chi connectivity index (χ2v) is 4.19. The molecule has 0 fully saturated rings. The van der Waals surface area contributed by atoms with Crippen molar-refractivity contribution in [3.63, 3.8) is 0 Å². The van der Waals surface area contributed by atoms with Crippen LogP contribution in [0, 0.1) is 10.5 Å². The van der Waals surface area contributed by atoms with Crippen LogP contribution in [0.3, 0.4) is 0 Å². The van der Waals surface area contributed by atoms with Gasteiger partial charge in [-0.15, -0.1) is 0 Å². The molecule has 6 heteroatoms. The summed E-state index contributed by atoms with van der Waals surface area (Å²) in [5, 5.41) is 0. The number of rotatable bonds is 3. The summed E-state index contributed by atoms with van der Waals surface area (Å²) >= 11 is 1.76. The number of alkyl halides is 2. The van der Waals surface area contributed by atoms with E-state index in [0.29, 0.717) is 9.26 Å². The molecule has 1 aromatic rings. The van der Waals surface area contributed by atoms with Gasteiger partial charge in [0.2, 0.25) is 0 Å². The molecule has 0 amide bonds. The van der Waals surface area contributed by atoms with E-state index in [1.165, 1.54) is 6.07 Å². The summed E-state index contributed by atoms with van der Waals surface area (Å²) in [6.45, 7) is 3.38. The fourth-order valence-electron chi connectivity index (χ4n) is 1.21. The van der Waals surface area contributed by atoms with Crippen molar-refractivity contribution in [2.75, 3.05) is 6.61 Å². The van der Waals surface area contributed by atoms with E-state index in [4.69, 9.17) is 4.74 Å². The third-order valence-electron chi connectivity index (χ3n) is 1.82. The Kier molecular flexibility index (Phi) is 4.57. The van der Waals surface area contributed by atoms with Crippen LogP contribution in [0.1, 0.15) is 35.1 Å². The Balaban J connectivity index is 3.29. The molecule has 1 rings (SSSR count). The maximum Gasteiger partial charge on any atom is 0.357 e. The molecule has 0 atom stereocenters. The van der Waals surface area contributed by atoms with Gasteiger partial charge in [0.25, 0.3) is 6.43 Å². The zero-order chi connectivity index (χ0) is 12.3. The average molecular weight is 341 g/mol. The predicted octanol–water partition coefficient (Wildman–Crippen LogP) is 3.11. The van der Waals surface area contributed by atoms with Gasteiger partial charge >= 0.3 is 5.97 Å². The summed E-state index contributed by atoms with van der Waals surface area (Å²) in [7, 11) is 0. The molecular formula is C10H10F2INO2. The Morgan fingerprint density at radius 3 is 2.75 bits per heavy atom. The highest BCUT2D eigenvalue weighted by Crippen LogP contribution is 2.28. The van der Waals surface area contributed by atoms with Crippen molar-refractivity contribution in [3.05, 3.63) is 26.6 Å². The highest BCUT2D eigenvalue weighted by molar-refractivity contribution is 14.1. The smallest absolute Gasteiger partial charge is 0.357 e. The molecule has 0 aliphatic heterocycles. The molecule has 3 nitrogen and oxygen atoms in total. The average Bonchev–Trinajstić information content (AvgIpc) is 2.15. The lowest BCUT2D eigenvalue weighted by atomic mass is 10.2. The van der Waals surface area contributed by atoms with Gasteiger partial charge in [-0.05, 0) is 42.5 Å². The first-order valence-corrected chi connectivity index (χ1v) is 5.67. The van der Waals surface area contributed by atoms with Crippen molar-refractivity contribution in [3.8, 4) is 0 Å². The number of hydrogen-bond donors (Lipinski definition) is 0. The van der Waals surface area contributed by atoms with Crippen LogP contribution in [-0.4, -0.2) is 17.6 Å². The van der Waals surface area contributed by atoms with Crippen LogP contribution >= 0.6 is 22.6 Å². The SMILES string of the molecule is CCOC(=O)c1nc(C)cc(I)c1C(F)F. The van der Waals surface area contributed by atoms with E-state index in [0.717, 1.165) is 0 Å². The maximum atomic E-state index is 12.8. The van der Waals surface area contributed by atoms with Crippen LogP contribution in [-0.2, 0) is 4.74 Å². The normalized spacial score (nSPS) is 10.6. The Bertz CT molecular complexity index is 410. The zero-order valence-electron chi connectivity index (χ0n) is 8.76. The lowest BCUT2D eigenvalue weighted by molar-refractivity contribution is 0.0507. The molecule has 0 saturated heterocycles. The quantitative estimate of drug-likeness (QED) is 0.627. The zero-order valence-corrected chi connectivity index (χ0v) is 10.9. The molecule has 0 spiro atoms. The van der Waals surface area contributed by atoms with Crippen LogP contribution in [0.4, 0.5) is 8.78 Å². The van der Waals surface area contributed by atoms with E-state index in [1.54, 1.807) is 36.4 Å². The van der Waals surface area contributed by atoms with Crippen molar-refractivity contribution in [2.24, 2.45) is 0 Å². The molecule has 0 unspecified atom stereocenters. The van der Waals surface area contributed by atoms with Crippen LogP contribution < -0.4 is 0 Å². The molecule has 88 valence electrons. The minimum absolute atomic E-state index is 0.133. The van der Waals surface area contributed by atoms with E-state index in [9.17, 15) is 13.6 Å². The standard InChI is InChI=1S/C10H10F2INO2/c1-3-16-10(15)8-7(9(11)12)6(13)4-5(2)14-8/h4,9H,3H2,1-2H3. The lowest BCUT2D eigenvalue weighted by Crippen LogP contribution is -2.13. The summed E-state index contributed by atoms with van der Waals surface area (Å²) in [6, 6.07) is 1.50. The van der Waals surface area contributed by atoms with E-state index in [2.05, 4.69) is 4.98 Å². The predicted molar refractivity (Wildman–Crippen MR) is 62.6 cm³/mol. The van der Waals surface area contributed by atoms with Crippen molar-refractivity contribution in [1.82, 2.24) is 4.98 Å². The number of halogens is 3. The molecule has 0 aliphatic rings. The van der Waals surface area contributed by atoms with E-state index >= 15 is 0 Å². The van der Waals surface area contributed by atoms with Gasteiger partial charge in [0.15, 0.2) is 5.69 Å². The Labute approximate surface area is 105 Å². The van der Waals surface area contributed by atoms with Crippen molar-refractivity contribution in [1.29, 1.82) is 0 Å². The number of ether oxygens (including phenoxy) is 1. The van der Waals surface area contributed by atoms with Crippen molar-refractivity contribution < 1.29 is 18.3 Å². The largest absolute Gasteiger partial charge is 0.461 e. The molecule has 0 radical (unpaired) electrons. The summed E-state index contributed by atoms with van der Waals surface area (Å²) in [5.74, 6) is -0.806. The first kappa shape index (κ1) is 13.3. The summed E-state index contributed by atoms with van der Waals surface area (Å²) in [6.07, 6.45) is -2.74. The molecular weight excluding hydrogens is 331 g/mol. The summed E-state index contributed by atoms with van der Waals surface area (Å²) < 4.78 is 30.5. The second-order valence-electron chi connectivity index (χ2n) is 3.03. The Morgan fingerprint density at radius 1 is 1.62 bits per heavy atom. The van der Waals surface area contributed by atoms with Crippen LogP contribution in [0.5, 0.6) is 0 Å². The van der Waals surface area contributed by atoms with Crippen molar-refractivity contribution in [2.45, 2.75) is 20.3 Å². The second kappa shape index (κ2) is 5.51. The molecule has 0 aromatic carbocycles. The number of aryl methyl sites for hydroxylation is 1. The molecule has 1 heterocycles. The highest BCUT2D eigenvalue weighted by Gasteiger charge is 2.24.